The number of benzene rings is 1. The van der Waals surface area contributed by atoms with Crippen LogP contribution in [0.25, 0.3) is 22.7 Å². The van der Waals surface area contributed by atoms with Crippen molar-refractivity contribution in [2.75, 3.05) is 13.2 Å². The topological polar surface area (TPSA) is 90.2 Å². The van der Waals surface area contributed by atoms with Crippen LogP contribution in [0.1, 0.15) is 38.3 Å². The zero-order valence-electron chi connectivity index (χ0n) is 16.3. The number of nitrogens with zero attached hydrogens (tertiary/aromatic N) is 3. The smallest absolute Gasteiger partial charge is 0.323 e. The molecule has 2 heterocycles. The van der Waals surface area contributed by atoms with Gasteiger partial charge in [-0.1, -0.05) is 20.8 Å². The van der Waals surface area contributed by atoms with Crippen LogP contribution < -0.4 is 9.47 Å². The molecule has 0 aliphatic rings. The minimum atomic E-state index is 0.0194. The van der Waals surface area contributed by atoms with Gasteiger partial charge in [-0.3, -0.25) is 5.11 Å². The Balaban J connectivity index is 2.06. The molecule has 1 radical (unpaired) electrons. The van der Waals surface area contributed by atoms with Crippen LogP contribution >= 0.6 is 0 Å². The van der Waals surface area contributed by atoms with E-state index in [4.69, 9.17) is 13.9 Å². The normalized spacial score (nSPS) is 11.3. The molecule has 0 amide bonds. The second kappa shape index (κ2) is 7.82. The number of rotatable bonds is 7. The standard InChI is InChI=1S/C20H24N3O4/c1-6-7-25-18-15-19(23-20(22-18)26-10-11(2)3)27-17(21-15)14-8-12(4)16(24)13(5)9-14/h8-9,11H,6-7,10H2,1-5H3. The van der Waals surface area contributed by atoms with Gasteiger partial charge in [0.1, 0.15) is 0 Å². The summed E-state index contributed by atoms with van der Waals surface area (Å²) in [6.07, 6.45) is 0.835. The minimum absolute atomic E-state index is 0.0194. The molecule has 7 nitrogen and oxygen atoms in total. The maximum Gasteiger partial charge on any atom is 0.323 e. The van der Waals surface area contributed by atoms with Crippen LogP contribution in [-0.2, 0) is 5.11 Å². The van der Waals surface area contributed by atoms with E-state index in [9.17, 15) is 5.11 Å². The van der Waals surface area contributed by atoms with Crippen LogP contribution in [-0.4, -0.2) is 28.2 Å². The molecule has 0 unspecified atom stereocenters. The maximum atomic E-state index is 12.0. The van der Waals surface area contributed by atoms with Crippen molar-refractivity contribution in [3.05, 3.63) is 23.3 Å². The summed E-state index contributed by atoms with van der Waals surface area (Å²) in [6, 6.07) is 3.72. The molecule has 143 valence electrons. The van der Waals surface area contributed by atoms with Crippen LogP contribution in [0.4, 0.5) is 0 Å². The van der Waals surface area contributed by atoms with Crippen LogP contribution in [0.5, 0.6) is 17.6 Å². The largest absolute Gasteiger partial charge is 0.476 e. The number of aromatic nitrogens is 3. The van der Waals surface area contributed by atoms with Crippen LogP contribution in [0.3, 0.4) is 0 Å². The van der Waals surface area contributed by atoms with E-state index in [0.717, 1.165) is 6.42 Å². The van der Waals surface area contributed by atoms with E-state index in [-0.39, 0.29) is 11.8 Å². The summed E-state index contributed by atoms with van der Waals surface area (Å²) < 4.78 is 17.2. The number of hydrogen-bond acceptors (Lipinski definition) is 6. The highest BCUT2D eigenvalue weighted by Crippen LogP contribution is 2.33. The Hall–Kier alpha value is -2.83. The number of ether oxygens (including phenoxy) is 2. The first kappa shape index (κ1) is 18.9. The molecular formula is C20H24N3O4. The third kappa shape index (κ3) is 4.13. The summed E-state index contributed by atoms with van der Waals surface area (Å²) in [4.78, 5) is 13.2. The van der Waals surface area contributed by atoms with E-state index in [1.165, 1.54) is 0 Å². The Labute approximate surface area is 158 Å². The van der Waals surface area contributed by atoms with Gasteiger partial charge in [0, 0.05) is 5.56 Å². The Morgan fingerprint density at radius 1 is 1.07 bits per heavy atom. The summed E-state index contributed by atoms with van der Waals surface area (Å²) >= 11 is 0. The molecule has 0 saturated carbocycles. The van der Waals surface area contributed by atoms with Gasteiger partial charge in [-0.25, -0.2) is 4.98 Å². The van der Waals surface area contributed by atoms with Crippen molar-refractivity contribution in [1.29, 1.82) is 0 Å². The maximum absolute atomic E-state index is 12.0. The fourth-order valence-electron chi connectivity index (χ4n) is 2.58. The first-order valence-corrected chi connectivity index (χ1v) is 9.11. The molecule has 0 bridgehead atoms. The Morgan fingerprint density at radius 2 is 1.78 bits per heavy atom. The summed E-state index contributed by atoms with van der Waals surface area (Å²) in [7, 11) is 0. The van der Waals surface area contributed by atoms with Crippen LogP contribution in [0, 0.1) is 19.8 Å². The number of hydrogen-bond donors (Lipinski definition) is 0. The van der Waals surface area contributed by atoms with Crippen molar-refractivity contribution < 1.29 is 19.0 Å². The lowest BCUT2D eigenvalue weighted by atomic mass is 10.1. The van der Waals surface area contributed by atoms with E-state index in [0.29, 0.717) is 58.8 Å². The third-order valence-electron chi connectivity index (χ3n) is 3.90. The number of oxazole rings is 1. The summed E-state index contributed by atoms with van der Waals surface area (Å²) in [6.45, 7) is 10.6. The SMILES string of the molecule is CCCOc1nc(OCC(C)C)nc2oc(-c3cc(C)c([O])c(C)c3)nc12. The predicted molar refractivity (Wildman–Crippen MR) is 101 cm³/mol. The van der Waals surface area contributed by atoms with E-state index < -0.39 is 0 Å². The van der Waals surface area contributed by atoms with Gasteiger partial charge in [0.2, 0.25) is 5.89 Å². The van der Waals surface area contributed by atoms with Crippen molar-refractivity contribution in [3.63, 3.8) is 0 Å². The van der Waals surface area contributed by atoms with Crippen molar-refractivity contribution in [3.8, 4) is 29.1 Å². The van der Waals surface area contributed by atoms with Gasteiger partial charge in [-0.15, -0.1) is 0 Å². The van der Waals surface area contributed by atoms with Gasteiger partial charge >= 0.3 is 6.01 Å². The highest BCUT2D eigenvalue weighted by Gasteiger charge is 2.19. The molecule has 7 heteroatoms. The fraction of sp³-hybridized carbons (Fsp3) is 0.450. The number of aryl methyl sites for hydroxylation is 2. The summed E-state index contributed by atoms with van der Waals surface area (Å²) in [5.74, 6) is 1.06. The van der Waals surface area contributed by atoms with E-state index in [1.54, 1.807) is 26.0 Å². The van der Waals surface area contributed by atoms with Crippen molar-refractivity contribution in [2.45, 2.75) is 41.0 Å². The van der Waals surface area contributed by atoms with Gasteiger partial charge < -0.3 is 13.9 Å². The fourth-order valence-corrected chi connectivity index (χ4v) is 2.58. The van der Waals surface area contributed by atoms with Gasteiger partial charge in [0.15, 0.2) is 11.3 Å². The lowest BCUT2D eigenvalue weighted by molar-refractivity contribution is 0.242. The zero-order valence-corrected chi connectivity index (χ0v) is 16.3. The number of fused-ring (bicyclic) bond motifs is 1. The third-order valence-corrected chi connectivity index (χ3v) is 3.90. The van der Waals surface area contributed by atoms with Gasteiger partial charge in [-0.05, 0) is 49.4 Å². The summed E-state index contributed by atoms with van der Waals surface area (Å²) in [5.41, 5.74) is 2.74. The monoisotopic (exact) mass is 370 g/mol. The molecule has 0 saturated heterocycles. The Bertz CT molecular complexity index is 927. The van der Waals surface area contributed by atoms with Gasteiger partial charge in [-0.2, -0.15) is 9.97 Å². The van der Waals surface area contributed by atoms with Gasteiger partial charge in [0.05, 0.1) is 13.2 Å². The second-order valence-electron chi connectivity index (χ2n) is 6.98. The highest BCUT2D eigenvalue weighted by atomic mass is 16.5. The molecule has 0 fully saturated rings. The minimum Gasteiger partial charge on any atom is -0.476 e. The molecule has 0 spiro atoms. The van der Waals surface area contributed by atoms with E-state index in [1.807, 2.05) is 20.8 Å². The van der Waals surface area contributed by atoms with Crippen molar-refractivity contribution in [2.24, 2.45) is 5.92 Å². The van der Waals surface area contributed by atoms with Crippen LogP contribution in [0.2, 0.25) is 0 Å². The molecule has 0 aliphatic heterocycles. The first-order valence-electron chi connectivity index (χ1n) is 9.11. The van der Waals surface area contributed by atoms with Crippen LogP contribution in [0.15, 0.2) is 16.5 Å². The van der Waals surface area contributed by atoms with E-state index in [2.05, 4.69) is 15.0 Å². The quantitative estimate of drug-likeness (QED) is 0.589. The second-order valence-corrected chi connectivity index (χ2v) is 6.98. The van der Waals surface area contributed by atoms with Crippen molar-refractivity contribution >= 4 is 11.2 Å². The molecule has 0 N–H and O–H groups in total. The first-order chi connectivity index (χ1) is 12.9. The molecule has 0 aliphatic carbocycles. The summed E-state index contributed by atoms with van der Waals surface area (Å²) in [5, 5.41) is 12.0. The molecule has 2 aromatic heterocycles. The molecule has 3 rings (SSSR count). The molecule has 1 aromatic carbocycles. The Morgan fingerprint density at radius 3 is 2.41 bits per heavy atom. The Kier molecular flexibility index (Phi) is 5.48. The zero-order chi connectivity index (χ0) is 19.6. The lowest BCUT2D eigenvalue weighted by Gasteiger charge is -2.08. The molecule has 3 aromatic rings. The predicted octanol–water partition coefficient (Wildman–Crippen LogP) is 4.87. The van der Waals surface area contributed by atoms with Gasteiger partial charge in [0.25, 0.3) is 11.6 Å². The average molecular weight is 370 g/mol. The molecule has 0 atom stereocenters. The molecular weight excluding hydrogens is 346 g/mol. The molecule has 27 heavy (non-hydrogen) atoms. The van der Waals surface area contributed by atoms with E-state index >= 15 is 0 Å². The van der Waals surface area contributed by atoms with Crippen molar-refractivity contribution in [1.82, 2.24) is 15.0 Å². The highest BCUT2D eigenvalue weighted by molar-refractivity contribution is 5.78. The average Bonchev–Trinajstić information content (AvgIpc) is 3.06. The lowest BCUT2D eigenvalue weighted by Crippen LogP contribution is -2.08.